The minimum atomic E-state index is -3.34. The van der Waals surface area contributed by atoms with Crippen LogP contribution in [0.2, 0.25) is 0 Å². The second-order valence-electron chi connectivity index (χ2n) is 9.13. The summed E-state index contributed by atoms with van der Waals surface area (Å²) in [7, 11) is 0. The number of carboxylic acid groups (broad SMARTS) is 1. The highest BCUT2D eigenvalue weighted by molar-refractivity contribution is 5.86. The largest absolute Gasteiger partial charge is 0.481 e. The van der Waals surface area contributed by atoms with Crippen LogP contribution in [-0.2, 0) is 14.3 Å². The maximum absolute atomic E-state index is 13.6. The first kappa shape index (κ1) is 22.3. The number of alkyl carbamates (subject to hydrolysis) is 1. The molecule has 3 aliphatic carbocycles. The van der Waals surface area contributed by atoms with Gasteiger partial charge >= 0.3 is 12.1 Å². The molecule has 0 spiro atoms. The first-order chi connectivity index (χ1) is 16.3. The fourth-order valence-corrected chi connectivity index (χ4v) is 4.90. The van der Waals surface area contributed by atoms with Gasteiger partial charge in [-0.25, -0.2) is 13.6 Å². The van der Waals surface area contributed by atoms with Gasteiger partial charge in [0.2, 0.25) is 5.91 Å². The van der Waals surface area contributed by atoms with Crippen LogP contribution in [0.5, 0.6) is 0 Å². The standard InChI is InChI=1S/C25H24F2N2O5/c26-25(27)19(20(25)23(31)32)11-28-22(30)21(13-9-10-13)29-24(33)34-12-18-16-7-3-1-5-14(16)15-6-2-4-8-17(15)18/h1-8,13,18-21H,9-12H2,(H,28,30)(H,29,33)(H,31,32). The molecule has 2 fully saturated rings. The van der Waals surface area contributed by atoms with Crippen molar-refractivity contribution in [3.8, 4) is 11.1 Å². The summed E-state index contributed by atoms with van der Waals surface area (Å²) in [6.45, 7) is -0.369. The number of amides is 2. The lowest BCUT2D eigenvalue weighted by Gasteiger charge is -2.19. The third-order valence-corrected chi connectivity index (χ3v) is 6.96. The molecule has 0 aliphatic heterocycles. The van der Waals surface area contributed by atoms with Crippen molar-refractivity contribution in [2.45, 2.75) is 30.7 Å². The lowest BCUT2D eigenvalue weighted by molar-refractivity contribution is -0.141. The van der Waals surface area contributed by atoms with E-state index in [1.54, 1.807) is 0 Å². The van der Waals surface area contributed by atoms with Crippen LogP contribution in [0.25, 0.3) is 11.1 Å². The Morgan fingerprint density at radius 3 is 2.15 bits per heavy atom. The zero-order valence-electron chi connectivity index (χ0n) is 18.2. The van der Waals surface area contributed by atoms with Gasteiger partial charge in [0.25, 0.3) is 5.92 Å². The van der Waals surface area contributed by atoms with Crippen molar-refractivity contribution >= 4 is 18.0 Å². The van der Waals surface area contributed by atoms with Crippen LogP contribution in [0.15, 0.2) is 48.5 Å². The van der Waals surface area contributed by atoms with Crippen LogP contribution >= 0.6 is 0 Å². The minimum Gasteiger partial charge on any atom is -0.481 e. The van der Waals surface area contributed by atoms with Gasteiger partial charge in [-0.05, 0) is 41.0 Å². The summed E-state index contributed by atoms with van der Waals surface area (Å²) >= 11 is 0. The maximum atomic E-state index is 13.6. The van der Waals surface area contributed by atoms with E-state index >= 15 is 0 Å². The Bertz CT molecular complexity index is 1100. The number of alkyl halides is 2. The molecule has 3 unspecified atom stereocenters. The summed E-state index contributed by atoms with van der Waals surface area (Å²) in [6.07, 6.45) is 0.687. The van der Waals surface area contributed by atoms with Gasteiger partial charge in [0.15, 0.2) is 0 Å². The lowest BCUT2D eigenvalue weighted by atomic mass is 9.98. The third kappa shape index (κ3) is 3.99. The molecule has 0 heterocycles. The van der Waals surface area contributed by atoms with Crippen molar-refractivity contribution in [2.24, 2.45) is 17.8 Å². The van der Waals surface area contributed by atoms with Gasteiger partial charge in [0.05, 0.1) is 5.92 Å². The van der Waals surface area contributed by atoms with Crippen molar-refractivity contribution in [3.05, 3.63) is 59.7 Å². The van der Waals surface area contributed by atoms with E-state index in [1.807, 2.05) is 48.5 Å². The third-order valence-electron chi connectivity index (χ3n) is 6.96. The number of benzene rings is 2. The summed E-state index contributed by atoms with van der Waals surface area (Å²) in [5.74, 6) is -8.99. The van der Waals surface area contributed by atoms with E-state index in [0.717, 1.165) is 35.1 Å². The first-order valence-electron chi connectivity index (χ1n) is 11.3. The Morgan fingerprint density at radius 1 is 1.03 bits per heavy atom. The number of carbonyl (C=O) groups is 3. The number of fused-ring (bicyclic) bond motifs is 3. The average molecular weight is 470 g/mol. The molecule has 2 aromatic rings. The number of halogens is 2. The minimum absolute atomic E-state index is 0.0907. The van der Waals surface area contributed by atoms with Gasteiger partial charge in [-0.15, -0.1) is 0 Å². The normalized spacial score (nSPS) is 22.8. The van der Waals surface area contributed by atoms with E-state index in [4.69, 9.17) is 9.84 Å². The second kappa shape index (κ2) is 8.38. The number of nitrogens with one attached hydrogen (secondary N) is 2. The first-order valence-corrected chi connectivity index (χ1v) is 11.3. The van der Waals surface area contributed by atoms with E-state index < -0.39 is 48.3 Å². The predicted octanol–water partition coefficient (Wildman–Crippen LogP) is 3.39. The zero-order chi connectivity index (χ0) is 24.0. The molecule has 0 bridgehead atoms. The molecular formula is C25H24F2N2O5. The molecule has 2 amide bonds. The Morgan fingerprint density at radius 2 is 1.62 bits per heavy atom. The van der Waals surface area contributed by atoms with Crippen LogP contribution in [0, 0.1) is 17.8 Å². The SMILES string of the molecule is O=C(NC(C(=O)NCC1C(C(=O)O)C1(F)F)C1CC1)OCC1c2ccccc2-c2ccccc21. The Labute approximate surface area is 194 Å². The van der Waals surface area contributed by atoms with Crippen molar-refractivity contribution in [1.29, 1.82) is 0 Å². The topological polar surface area (TPSA) is 105 Å². The number of aliphatic carboxylic acids is 1. The molecule has 9 heteroatoms. The molecule has 0 radical (unpaired) electrons. The summed E-state index contributed by atoms with van der Waals surface area (Å²) in [6, 6.07) is 14.9. The second-order valence-corrected chi connectivity index (χ2v) is 9.13. The molecule has 2 aromatic carbocycles. The molecule has 0 saturated heterocycles. The van der Waals surface area contributed by atoms with Crippen LogP contribution in [0.4, 0.5) is 13.6 Å². The molecule has 3 N–H and O–H groups in total. The number of hydrogen-bond acceptors (Lipinski definition) is 4. The summed E-state index contributed by atoms with van der Waals surface area (Å²) < 4.78 is 32.7. The fourth-order valence-electron chi connectivity index (χ4n) is 4.90. The summed E-state index contributed by atoms with van der Waals surface area (Å²) in [4.78, 5) is 36.0. The van der Waals surface area contributed by atoms with Crippen LogP contribution in [0.3, 0.4) is 0 Å². The van der Waals surface area contributed by atoms with Gasteiger partial charge in [-0.1, -0.05) is 48.5 Å². The Balaban J connectivity index is 1.18. The van der Waals surface area contributed by atoms with Gasteiger partial charge < -0.3 is 20.5 Å². The van der Waals surface area contributed by atoms with Crippen molar-refractivity contribution < 1.29 is 33.0 Å². The summed E-state index contributed by atoms with van der Waals surface area (Å²) in [5, 5.41) is 13.8. The van der Waals surface area contributed by atoms with E-state index in [1.165, 1.54) is 0 Å². The highest BCUT2D eigenvalue weighted by atomic mass is 19.3. The van der Waals surface area contributed by atoms with Crippen molar-refractivity contribution in [2.75, 3.05) is 13.2 Å². The number of carbonyl (C=O) groups excluding carboxylic acids is 2. The Kier molecular flexibility index (Phi) is 5.50. The van der Waals surface area contributed by atoms with Gasteiger partial charge in [0, 0.05) is 12.5 Å². The van der Waals surface area contributed by atoms with Gasteiger partial charge in [-0.3, -0.25) is 9.59 Å². The number of carboxylic acids is 1. The zero-order valence-corrected chi connectivity index (χ0v) is 18.2. The van der Waals surface area contributed by atoms with E-state index in [-0.39, 0.29) is 18.4 Å². The summed E-state index contributed by atoms with van der Waals surface area (Å²) in [5.41, 5.74) is 4.32. The fraction of sp³-hybridized carbons (Fsp3) is 0.400. The average Bonchev–Trinajstić information content (AvgIpc) is 3.71. The molecule has 3 atom stereocenters. The van der Waals surface area contributed by atoms with Gasteiger partial charge in [0.1, 0.15) is 18.6 Å². The van der Waals surface area contributed by atoms with Gasteiger partial charge in [-0.2, -0.15) is 0 Å². The number of hydrogen-bond donors (Lipinski definition) is 3. The maximum Gasteiger partial charge on any atom is 0.407 e. The molecule has 0 aromatic heterocycles. The molecule has 5 rings (SSSR count). The highest BCUT2D eigenvalue weighted by Crippen LogP contribution is 2.55. The quantitative estimate of drug-likeness (QED) is 0.549. The number of rotatable bonds is 8. The van der Waals surface area contributed by atoms with E-state index in [9.17, 15) is 23.2 Å². The van der Waals surface area contributed by atoms with Crippen molar-refractivity contribution in [1.82, 2.24) is 10.6 Å². The molecule has 178 valence electrons. The molecular weight excluding hydrogens is 446 g/mol. The highest BCUT2D eigenvalue weighted by Gasteiger charge is 2.72. The van der Waals surface area contributed by atoms with Crippen LogP contribution in [-0.4, -0.2) is 48.2 Å². The molecule has 2 saturated carbocycles. The monoisotopic (exact) mass is 470 g/mol. The molecule has 7 nitrogen and oxygen atoms in total. The van der Waals surface area contributed by atoms with Crippen LogP contribution in [0.1, 0.15) is 29.9 Å². The van der Waals surface area contributed by atoms with Crippen molar-refractivity contribution in [3.63, 3.8) is 0 Å². The predicted molar refractivity (Wildman–Crippen MR) is 117 cm³/mol. The van der Waals surface area contributed by atoms with E-state index in [2.05, 4.69) is 10.6 Å². The smallest absolute Gasteiger partial charge is 0.407 e. The molecule has 34 heavy (non-hydrogen) atoms. The van der Waals surface area contributed by atoms with E-state index in [0.29, 0.717) is 0 Å². The lowest BCUT2D eigenvalue weighted by Crippen LogP contribution is -2.49. The van der Waals surface area contributed by atoms with Crippen LogP contribution < -0.4 is 10.6 Å². The Hall–Kier alpha value is -3.49. The molecule has 3 aliphatic rings. The number of ether oxygens (including phenoxy) is 1.